The Kier molecular flexibility index (Phi) is 4.99. The summed E-state index contributed by atoms with van der Waals surface area (Å²) in [4.78, 5) is 0. The van der Waals surface area contributed by atoms with E-state index >= 15 is 0 Å². The quantitative estimate of drug-likeness (QED) is 0.740. The molecule has 5 heteroatoms. The van der Waals surface area contributed by atoms with Crippen molar-refractivity contribution in [1.29, 1.82) is 0 Å². The Morgan fingerprint density at radius 2 is 1.47 bits per heavy atom. The van der Waals surface area contributed by atoms with Crippen molar-refractivity contribution in [2.75, 3.05) is 6.54 Å². The molecular weight excluding hydrogens is 324 g/mol. The third kappa shape index (κ3) is 3.18. The molecule has 2 aromatic carbocycles. The van der Waals surface area contributed by atoms with Gasteiger partial charge in [0.25, 0.3) is 0 Å². The van der Waals surface area contributed by atoms with E-state index < -0.39 is 0 Å². The van der Waals surface area contributed by atoms with Gasteiger partial charge in [0.2, 0.25) is 0 Å². The fraction of sp³-hybridized carbons (Fsp3) is 0.143. The molecule has 0 saturated carbocycles. The van der Waals surface area contributed by atoms with Crippen LogP contribution < -0.4 is 5.73 Å². The lowest BCUT2D eigenvalue weighted by Gasteiger charge is -2.10. The number of nitrogens with two attached hydrogens (primary N) is 1. The highest BCUT2D eigenvalue weighted by molar-refractivity contribution is 6.49. The van der Waals surface area contributed by atoms with E-state index in [9.17, 15) is 0 Å². The molecule has 0 aliphatic rings. The molecule has 0 aliphatic carbocycles. The van der Waals surface area contributed by atoms with Crippen molar-refractivity contribution in [3.8, 4) is 11.1 Å². The zero-order valence-electron chi connectivity index (χ0n) is 9.89. The largest absolute Gasteiger partial charge is 0.330 e. The van der Waals surface area contributed by atoms with Gasteiger partial charge in [-0.2, -0.15) is 0 Å². The Morgan fingerprint density at radius 3 is 2.11 bits per heavy atom. The molecule has 0 heterocycles. The molecule has 0 bridgehead atoms. The van der Waals surface area contributed by atoms with Crippen LogP contribution in [0.25, 0.3) is 11.1 Å². The van der Waals surface area contributed by atoms with Crippen LogP contribution in [0.5, 0.6) is 0 Å². The lowest BCUT2D eigenvalue weighted by molar-refractivity contribution is 0.969. The summed E-state index contributed by atoms with van der Waals surface area (Å²) in [6, 6.07) is 9.30. The van der Waals surface area contributed by atoms with E-state index in [0.29, 0.717) is 26.6 Å². The van der Waals surface area contributed by atoms with Crippen LogP contribution in [-0.4, -0.2) is 6.54 Å². The minimum atomic E-state index is 0.336. The highest BCUT2D eigenvalue weighted by Crippen LogP contribution is 2.40. The minimum absolute atomic E-state index is 0.336. The molecule has 0 atom stereocenters. The Morgan fingerprint density at radius 1 is 0.789 bits per heavy atom. The smallest absolute Gasteiger partial charge is 0.0784 e. The Bertz CT molecular complexity index is 611. The summed E-state index contributed by atoms with van der Waals surface area (Å²) in [5.74, 6) is 0. The van der Waals surface area contributed by atoms with E-state index in [0.717, 1.165) is 23.1 Å². The van der Waals surface area contributed by atoms with Gasteiger partial charge in [0.15, 0.2) is 0 Å². The fourth-order valence-electron chi connectivity index (χ4n) is 1.83. The maximum atomic E-state index is 6.29. The Balaban J connectivity index is 2.51. The molecule has 2 rings (SSSR count). The van der Waals surface area contributed by atoms with Crippen molar-refractivity contribution in [2.24, 2.45) is 5.73 Å². The molecule has 0 spiro atoms. The van der Waals surface area contributed by atoms with Crippen molar-refractivity contribution in [2.45, 2.75) is 6.42 Å². The SMILES string of the molecule is NCCc1ccc(-c2ccc(Cl)c(Cl)c2Cl)c(Cl)c1. The van der Waals surface area contributed by atoms with E-state index in [2.05, 4.69) is 0 Å². The highest BCUT2D eigenvalue weighted by Gasteiger charge is 2.13. The predicted molar refractivity (Wildman–Crippen MR) is 84.7 cm³/mol. The molecule has 19 heavy (non-hydrogen) atoms. The minimum Gasteiger partial charge on any atom is -0.330 e. The van der Waals surface area contributed by atoms with Gasteiger partial charge in [0.1, 0.15) is 0 Å². The first kappa shape index (κ1) is 15.0. The van der Waals surface area contributed by atoms with E-state index in [4.69, 9.17) is 52.1 Å². The third-order valence-corrected chi connectivity index (χ3v) is 4.40. The van der Waals surface area contributed by atoms with E-state index in [-0.39, 0.29) is 0 Å². The second-order valence-electron chi connectivity index (χ2n) is 4.08. The monoisotopic (exact) mass is 333 g/mol. The lowest BCUT2D eigenvalue weighted by atomic mass is 10.0. The summed E-state index contributed by atoms with van der Waals surface area (Å²) in [5, 5.41) is 1.78. The number of rotatable bonds is 3. The first-order valence-electron chi connectivity index (χ1n) is 5.67. The van der Waals surface area contributed by atoms with Crippen LogP contribution in [0.3, 0.4) is 0 Å². The van der Waals surface area contributed by atoms with Gasteiger partial charge in [0.05, 0.1) is 15.1 Å². The second kappa shape index (κ2) is 6.34. The van der Waals surface area contributed by atoms with Gasteiger partial charge in [-0.15, -0.1) is 0 Å². The van der Waals surface area contributed by atoms with E-state index in [1.54, 1.807) is 12.1 Å². The van der Waals surface area contributed by atoms with Gasteiger partial charge in [0, 0.05) is 16.1 Å². The molecule has 0 amide bonds. The molecule has 2 N–H and O–H groups in total. The van der Waals surface area contributed by atoms with E-state index in [1.807, 2.05) is 18.2 Å². The summed E-state index contributed by atoms with van der Waals surface area (Å²) in [7, 11) is 0. The van der Waals surface area contributed by atoms with Crippen LogP contribution in [0.1, 0.15) is 5.56 Å². The standard InChI is InChI=1S/C14H11Cl4N/c15-11-4-3-10(13(17)14(11)18)9-2-1-8(5-6-19)7-12(9)16/h1-4,7H,5-6,19H2. The van der Waals surface area contributed by atoms with Crippen LogP contribution in [-0.2, 0) is 6.42 Å². The van der Waals surface area contributed by atoms with Crippen molar-refractivity contribution in [3.63, 3.8) is 0 Å². The lowest BCUT2D eigenvalue weighted by Crippen LogP contribution is -2.02. The normalized spacial score (nSPS) is 10.8. The number of halogens is 4. The Labute approximate surface area is 132 Å². The van der Waals surface area contributed by atoms with Gasteiger partial charge >= 0.3 is 0 Å². The third-order valence-electron chi connectivity index (χ3n) is 2.79. The molecule has 100 valence electrons. The van der Waals surface area contributed by atoms with Crippen molar-refractivity contribution in [1.82, 2.24) is 0 Å². The van der Waals surface area contributed by atoms with Crippen molar-refractivity contribution < 1.29 is 0 Å². The first-order chi connectivity index (χ1) is 9.04. The molecule has 0 aliphatic heterocycles. The van der Waals surface area contributed by atoms with Crippen LogP contribution in [0.15, 0.2) is 30.3 Å². The molecule has 2 aromatic rings. The Hall–Kier alpha value is -0.440. The highest BCUT2D eigenvalue weighted by atomic mass is 35.5. The summed E-state index contributed by atoms with van der Waals surface area (Å²) >= 11 is 24.5. The molecule has 0 saturated heterocycles. The van der Waals surface area contributed by atoms with Crippen molar-refractivity contribution in [3.05, 3.63) is 56.0 Å². The fourth-order valence-corrected chi connectivity index (χ4v) is 2.78. The molecule has 0 fully saturated rings. The van der Waals surface area contributed by atoms with Crippen LogP contribution >= 0.6 is 46.4 Å². The predicted octanol–water partition coefficient (Wildman–Crippen LogP) is 5.47. The van der Waals surface area contributed by atoms with Crippen molar-refractivity contribution >= 4 is 46.4 Å². The molecule has 0 radical (unpaired) electrons. The van der Waals surface area contributed by atoms with Crippen LogP contribution in [0.2, 0.25) is 20.1 Å². The van der Waals surface area contributed by atoms with Gasteiger partial charge in [-0.3, -0.25) is 0 Å². The topological polar surface area (TPSA) is 26.0 Å². The second-order valence-corrected chi connectivity index (χ2v) is 5.65. The first-order valence-corrected chi connectivity index (χ1v) is 7.18. The number of hydrogen-bond donors (Lipinski definition) is 1. The zero-order chi connectivity index (χ0) is 14.0. The average molecular weight is 335 g/mol. The maximum Gasteiger partial charge on any atom is 0.0784 e. The molecule has 0 unspecified atom stereocenters. The van der Waals surface area contributed by atoms with E-state index in [1.165, 1.54) is 0 Å². The summed E-state index contributed by atoms with van der Waals surface area (Å²) in [5.41, 5.74) is 8.20. The van der Waals surface area contributed by atoms with Gasteiger partial charge in [-0.05, 0) is 30.7 Å². The van der Waals surface area contributed by atoms with Gasteiger partial charge < -0.3 is 5.73 Å². The van der Waals surface area contributed by atoms with Gasteiger partial charge in [-0.1, -0.05) is 64.6 Å². The zero-order valence-corrected chi connectivity index (χ0v) is 12.9. The van der Waals surface area contributed by atoms with Gasteiger partial charge in [-0.25, -0.2) is 0 Å². The molecular formula is C14H11Cl4N. The van der Waals surface area contributed by atoms with Crippen LogP contribution in [0.4, 0.5) is 0 Å². The average Bonchev–Trinajstić information content (AvgIpc) is 2.38. The summed E-state index contributed by atoms with van der Waals surface area (Å²) in [6.45, 7) is 0.587. The summed E-state index contributed by atoms with van der Waals surface area (Å²) < 4.78 is 0. The molecule has 0 aromatic heterocycles. The molecule has 1 nitrogen and oxygen atoms in total. The maximum absolute atomic E-state index is 6.29. The number of benzene rings is 2. The summed E-state index contributed by atoms with van der Waals surface area (Å²) in [6.07, 6.45) is 0.787. The van der Waals surface area contributed by atoms with Crippen LogP contribution in [0, 0.1) is 0 Å². The number of hydrogen-bond acceptors (Lipinski definition) is 1.